The molecular weight excluding hydrogens is 358 g/mol. The van der Waals surface area contributed by atoms with Gasteiger partial charge in [0.05, 0.1) is 24.0 Å². The van der Waals surface area contributed by atoms with Crippen molar-refractivity contribution in [2.24, 2.45) is 0 Å². The lowest BCUT2D eigenvalue weighted by Crippen LogP contribution is -2.40. The van der Waals surface area contributed by atoms with Crippen molar-refractivity contribution in [1.29, 1.82) is 0 Å². The van der Waals surface area contributed by atoms with Crippen LogP contribution < -0.4 is 0 Å². The summed E-state index contributed by atoms with van der Waals surface area (Å²) in [7, 11) is -1.57. The molecule has 2 heterocycles. The van der Waals surface area contributed by atoms with Crippen LogP contribution in [0.1, 0.15) is 16.9 Å². The molecule has 1 unspecified atom stereocenters. The number of aromatic nitrogens is 2. The van der Waals surface area contributed by atoms with E-state index in [9.17, 15) is 18.0 Å². The van der Waals surface area contributed by atoms with E-state index in [1.54, 1.807) is 4.57 Å². The summed E-state index contributed by atoms with van der Waals surface area (Å²) in [4.78, 5) is 29.8. The van der Waals surface area contributed by atoms with Gasteiger partial charge in [0.25, 0.3) is 5.91 Å². The van der Waals surface area contributed by atoms with E-state index in [1.807, 2.05) is 30.3 Å². The maximum absolute atomic E-state index is 12.3. The molecular formula is C17H19N3O5S. The molecule has 0 aliphatic carbocycles. The Labute approximate surface area is 151 Å². The van der Waals surface area contributed by atoms with Crippen LogP contribution in [0.4, 0.5) is 0 Å². The molecule has 0 N–H and O–H groups in total. The number of ether oxygens (including phenoxy) is 1. The summed E-state index contributed by atoms with van der Waals surface area (Å²) < 4.78 is 29.7. The number of sulfone groups is 1. The molecule has 1 atom stereocenters. The molecule has 1 fully saturated rings. The van der Waals surface area contributed by atoms with E-state index < -0.39 is 28.3 Å². The first-order valence-electron chi connectivity index (χ1n) is 8.08. The van der Waals surface area contributed by atoms with Crippen LogP contribution in [0.5, 0.6) is 0 Å². The van der Waals surface area contributed by atoms with Crippen molar-refractivity contribution in [2.75, 3.05) is 25.2 Å². The van der Waals surface area contributed by atoms with Crippen molar-refractivity contribution in [2.45, 2.75) is 12.5 Å². The molecule has 3 rings (SSSR count). The van der Waals surface area contributed by atoms with E-state index in [1.165, 1.54) is 24.5 Å². The molecule has 26 heavy (non-hydrogen) atoms. The fourth-order valence-corrected chi connectivity index (χ4v) is 4.60. The summed E-state index contributed by atoms with van der Waals surface area (Å²) in [6.45, 7) is -0.453. The monoisotopic (exact) mass is 377 g/mol. The number of carbonyl (C=O) groups excluding carboxylic acids is 2. The van der Waals surface area contributed by atoms with Gasteiger partial charge in [-0.25, -0.2) is 18.2 Å². The van der Waals surface area contributed by atoms with Gasteiger partial charge in [-0.1, -0.05) is 18.2 Å². The largest absolute Gasteiger partial charge is 0.451 e. The summed E-state index contributed by atoms with van der Waals surface area (Å²) in [6, 6.07) is 8.78. The zero-order valence-electron chi connectivity index (χ0n) is 14.2. The molecule has 1 amide bonds. The van der Waals surface area contributed by atoms with Crippen LogP contribution in [0, 0.1) is 0 Å². The summed E-state index contributed by atoms with van der Waals surface area (Å²) in [5, 5.41) is 0. The predicted molar refractivity (Wildman–Crippen MR) is 93.7 cm³/mol. The Hall–Kier alpha value is -2.68. The molecule has 9 heteroatoms. The number of likely N-dealkylation sites (N-methyl/N-ethyl adjacent to an activating group) is 1. The number of benzene rings is 1. The smallest absolute Gasteiger partial charge is 0.357 e. The first-order valence-corrected chi connectivity index (χ1v) is 9.90. The summed E-state index contributed by atoms with van der Waals surface area (Å²) in [6.07, 6.45) is 3.26. The SMILES string of the molecule is CN(C(=O)COC(=O)c1cncn1-c1ccccc1)C1CCS(=O)(=O)C1. The van der Waals surface area contributed by atoms with Gasteiger partial charge in [-0.3, -0.25) is 9.36 Å². The molecule has 0 spiro atoms. The number of amides is 1. The van der Waals surface area contributed by atoms with E-state index in [-0.39, 0.29) is 23.2 Å². The maximum atomic E-state index is 12.3. The molecule has 0 saturated carbocycles. The predicted octanol–water partition coefficient (Wildman–Crippen LogP) is 0.675. The van der Waals surface area contributed by atoms with E-state index in [2.05, 4.69) is 4.98 Å². The van der Waals surface area contributed by atoms with Crippen LogP contribution in [0.3, 0.4) is 0 Å². The lowest BCUT2D eigenvalue weighted by atomic mass is 10.2. The van der Waals surface area contributed by atoms with Crippen molar-refractivity contribution in [3.8, 4) is 5.69 Å². The topological polar surface area (TPSA) is 98.6 Å². The highest BCUT2D eigenvalue weighted by atomic mass is 32.2. The number of para-hydroxylation sites is 1. The van der Waals surface area contributed by atoms with Gasteiger partial charge >= 0.3 is 5.97 Å². The molecule has 1 aliphatic rings. The zero-order valence-corrected chi connectivity index (χ0v) is 15.1. The molecule has 1 aromatic carbocycles. The number of rotatable bonds is 5. The summed E-state index contributed by atoms with van der Waals surface area (Å²) in [5.74, 6) is -1.09. The van der Waals surface area contributed by atoms with Gasteiger partial charge in [0, 0.05) is 18.8 Å². The third-order valence-corrected chi connectivity index (χ3v) is 6.11. The number of carbonyl (C=O) groups is 2. The minimum Gasteiger partial charge on any atom is -0.451 e. The van der Waals surface area contributed by atoms with E-state index in [0.29, 0.717) is 6.42 Å². The van der Waals surface area contributed by atoms with Gasteiger partial charge in [-0.2, -0.15) is 0 Å². The lowest BCUT2D eigenvalue weighted by molar-refractivity contribution is -0.134. The van der Waals surface area contributed by atoms with E-state index in [4.69, 9.17) is 4.74 Å². The highest BCUT2D eigenvalue weighted by Crippen LogP contribution is 2.17. The second-order valence-electron chi connectivity index (χ2n) is 6.12. The second kappa shape index (κ2) is 7.28. The third kappa shape index (κ3) is 3.93. The number of esters is 1. The Bertz CT molecular complexity index is 907. The maximum Gasteiger partial charge on any atom is 0.357 e. The Morgan fingerprint density at radius 1 is 1.31 bits per heavy atom. The van der Waals surface area contributed by atoms with Crippen molar-refractivity contribution in [3.05, 3.63) is 48.5 Å². The van der Waals surface area contributed by atoms with Gasteiger partial charge in [0.1, 0.15) is 0 Å². The minimum atomic E-state index is -3.09. The summed E-state index contributed by atoms with van der Waals surface area (Å²) >= 11 is 0. The number of hydrogen-bond acceptors (Lipinski definition) is 6. The third-order valence-electron chi connectivity index (χ3n) is 4.36. The van der Waals surface area contributed by atoms with E-state index in [0.717, 1.165) is 5.69 Å². The van der Waals surface area contributed by atoms with E-state index >= 15 is 0 Å². The van der Waals surface area contributed by atoms with Gasteiger partial charge in [-0.15, -0.1) is 0 Å². The Kier molecular flexibility index (Phi) is 5.08. The summed E-state index contributed by atoms with van der Waals surface area (Å²) in [5.41, 5.74) is 0.951. The van der Waals surface area contributed by atoms with Crippen molar-refractivity contribution in [1.82, 2.24) is 14.5 Å². The number of imidazole rings is 1. The fraction of sp³-hybridized carbons (Fsp3) is 0.353. The van der Waals surface area contributed by atoms with Crippen molar-refractivity contribution in [3.63, 3.8) is 0 Å². The van der Waals surface area contributed by atoms with Crippen molar-refractivity contribution < 1.29 is 22.7 Å². The van der Waals surface area contributed by atoms with Gasteiger partial charge < -0.3 is 9.64 Å². The first kappa shape index (κ1) is 18.1. The van der Waals surface area contributed by atoms with Crippen LogP contribution in [-0.4, -0.2) is 65.9 Å². The molecule has 138 valence electrons. The highest BCUT2D eigenvalue weighted by molar-refractivity contribution is 7.91. The Balaban J connectivity index is 1.61. The van der Waals surface area contributed by atoms with Crippen LogP contribution in [0.15, 0.2) is 42.9 Å². The van der Waals surface area contributed by atoms with Crippen LogP contribution in [0.25, 0.3) is 5.69 Å². The molecule has 0 radical (unpaired) electrons. The van der Waals surface area contributed by atoms with Gasteiger partial charge in [-0.05, 0) is 18.6 Å². The van der Waals surface area contributed by atoms with Crippen LogP contribution in [0.2, 0.25) is 0 Å². The first-order chi connectivity index (χ1) is 12.4. The minimum absolute atomic E-state index is 0.0516. The second-order valence-corrected chi connectivity index (χ2v) is 8.35. The standard InChI is InChI=1S/C17H19N3O5S/c1-19(14-7-8-26(23,24)11-14)16(21)10-25-17(22)15-9-18-12-20(15)13-5-3-2-4-6-13/h2-6,9,12,14H,7-8,10-11H2,1H3. The van der Waals surface area contributed by atoms with Crippen LogP contribution >= 0.6 is 0 Å². The molecule has 0 bridgehead atoms. The van der Waals surface area contributed by atoms with Gasteiger partial charge in [0.15, 0.2) is 22.1 Å². The normalized spacial score (nSPS) is 18.4. The fourth-order valence-electron chi connectivity index (χ4n) is 2.83. The zero-order chi connectivity index (χ0) is 18.7. The highest BCUT2D eigenvalue weighted by Gasteiger charge is 2.33. The molecule has 1 aromatic heterocycles. The quantitative estimate of drug-likeness (QED) is 0.711. The Morgan fingerprint density at radius 2 is 2.04 bits per heavy atom. The van der Waals surface area contributed by atoms with Crippen LogP contribution in [-0.2, 0) is 19.4 Å². The molecule has 1 aliphatic heterocycles. The average Bonchev–Trinajstić information content (AvgIpc) is 3.26. The molecule has 2 aromatic rings. The Morgan fingerprint density at radius 3 is 2.69 bits per heavy atom. The van der Waals surface area contributed by atoms with Crippen molar-refractivity contribution >= 4 is 21.7 Å². The number of nitrogens with zero attached hydrogens (tertiary/aromatic N) is 3. The average molecular weight is 377 g/mol. The number of hydrogen-bond donors (Lipinski definition) is 0. The molecule has 8 nitrogen and oxygen atoms in total. The van der Waals surface area contributed by atoms with Gasteiger partial charge in [0.2, 0.25) is 0 Å². The molecule has 1 saturated heterocycles. The lowest BCUT2D eigenvalue weighted by Gasteiger charge is -2.23.